The topological polar surface area (TPSA) is 105 Å². The molecule has 1 fully saturated rings. The van der Waals surface area contributed by atoms with E-state index in [1.54, 1.807) is 0 Å². The van der Waals surface area contributed by atoms with Gasteiger partial charge in [0, 0.05) is 12.1 Å². The summed E-state index contributed by atoms with van der Waals surface area (Å²) < 4.78 is 5.53. The monoisotopic (exact) mass is 381 g/mol. The maximum Gasteiger partial charge on any atom is 0.263 e. The molecular formula is C20H23N5O3. The second-order valence-electron chi connectivity index (χ2n) is 7.25. The van der Waals surface area contributed by atoms with E-state index < -0.39 is 5.54 Å². The maximum atomic E-state index is 12.5. The van der Waals surface area contributed by atoms with Crippen molar-refractivity contribution in [3.63, 3.8) is 0 Å². The fraction of sp³-hybridized carbons (Fsp3) is 0.400. The number of fused-ring (bicyclic) bond motifs is 1. The molecule has 1 aliphatic carbocycles. The van der Waals surface area contributed by atoms with Crippen LogP contribution in [0.2, 0.25) is 0 Å². The molecule has 2 heterocycles. The Morgan fingerprint density at radius 1 is 1.32 bits per heavy atom. The number of nitrogens with zero attached hydrogens (tertiary/aromatic N) is 2. The summed E-state index contributed by atoms with van der Waals surface area (Å²) >= 11 is 0. The van der Waals surface area contributed by atoms with E-state index in [9.17, 15) is 9.59 Å². The van der Waals surface area contributed by atoms with Crippen molar-refractivity contribution < 1.29 is 14.3 Å². The highest BCUT2D eigenvalue weighted by atomic mass is 16.5. The third-order valence-electron chi connectivity index (χ3n) is 4.94. The summed E-state index contributed by atoms with van der Waals surface area (Å²) in [5, 5.41) is 9.02. The minimum Gasteiger partial charge on any atom is -0.456 e. The number of Topliss-reactive ketones (excluding diaryl/α,β-unsaturated/α-hetero) is 1. The SMILES string of the molecule is CCCC(=O)C1(Nc2nc(Nc3cccc(C)c3)c3c(n2)OCNC3=O)CC1. The van der Waals surface area contributed by atoms with Gasteiger partial charge < -0.3 is 20.7 Å². The first-order valence-electron chi connectivity index (χ1n) is 9.49. The minimum atomic E-state index is -0.595. The second-order valence-corrected chi connectivity index (χ2v) is 7.25. The molecule has 28 heavy (non-hydrogen) atoms. The fourth-order valence-electron chi connectivity index (χ4n) is 3.29. The van der Waals surface area contributed by atoms with Crippen molar-refractivity contribution in [3.8, 4) is 5.88 Å². The zero-order chi connectivity index (χ0) is 19.7. The molecule has 4 rings (SSSR count). The van der Waals surface area contributed by atoms with Crippen molar-refractivity contribution in [1.29, 1.82) is 0 Å². The van der Waals surface area contributed by atoms with E-state index in [0.717, 1.165) is 30.5 Å². The van der Waals surface area contributed by atoms with Gasteiger partial charge in [-0.05, 0) is 43.9 Å². The highest BCUT2D eigenvalue weighted by Gasteiger charge is 2.49. The van der Waals surface area contributed by atoms with E-state index in [1.807, 2.05) is 38.1 Å². The predicted octanol–water partition coefficient (Wildman–Crippen LogP) is 2.92. The normalized spacial score (nSPS) is 16.4. The molecule has 1 amide bonds. The molecule has 2 aliphatic rings. The summed E-state index contributed by atoms with van der Waals surface area (Å²) in [6.07, 6.45) is 2.84. The number of carbonyl (C=O) groups is 2. The van der Waals surface area contributed by atoms with Crippen molar-refractivity contribution >= 4 is 29.1 Å². The van der Waals surface area contributed by atoms with Gasteiger partial charge in [0.05, 0.1) is 5.54 Å². The van der Waals surface area contributed by atoms with Crippen LogP contribution >= 0.6 is 0 Å². The smallest absolute Gasteiger partial charge is 0.263 e. The number of benzene rings is 1. The van der Waals surface area contributed by atoms with Gasteiger partial charge in [-0.15, -0.1) is 0 Å². The summed E-state index contributed by atoms with van der Waals surface area (Å²) in [7, 11) is 0. The predicted molar refractivity (Wildman–Crippen MR) is 105 cm³/mol. The molecule has 3 N–H and O–H groups in total. The zero-order valence-electron chi connectivity index (χ0n) is 16.0. The average molecular weight is 381 g/mol. The second kappa shape index (κ2) is 7.10. The Morgan fingerprint density at radius 2 is 2.14 bits per heavy atom. The standard InChI is InChI=1S/C20H23N5O3/c1-3-5-14(26)20(8-9-20)25-19-23-16(22-13-7-4-6-12(2)10-13)15-17(27)21-11-28-18(15)24-19/h4,6-7,10H,3,5,8-9,11H2,1-2H3,(H,21,27)(H2,22,23,24,25). The number of rotatable bonds is 7. The van der Waals surface area contributed by atoms with Crippen LogP contribution in [0.25, 0.3) is 0 Å². The molecular weight excluding hydrogens is 358 g/mol. The van der Waals surface area contributed by atoms with Gasteiger partial charge in [-0.2, -0.15) is 9.97 Å². The van der Waals surface area contributed by atoms with Gasteiger partial charge >= 0.3 is 0 Å². The van der Waals surface area contributed by atoms with Gasteiger partial charge in [-0.25, -0.2) is 0 Å². The molecule has 0 saturated heterocycles. The molecule has 0 bridgehead atoms. The lowest BCUT2D eigenvalue weighted by Gasteiger charge is -2.22. The van der Waals surface area contributed by atoms with Crippen LogP contribution in [0.3, 0.4) is 0 Å². The van der Waals surface area contributed by atoms with Crippen LogP contribution in [0.4, 0.5) is 17.5 Å². The maximum absolute atomic E-state index is 12.5. The van der Waals surface area contributed by atoms with Gasteiger partial charge in [0.1, 0.15) is 5.56 Å². The summed E-state index contributed by atoms with van der Waals surface area (Å²) in [4.78, 5) is 33.7. The number of aryl methyl sites for hydroxylation is 1. The van der Waals surface area contributed by atoms with Gasteiger partial charge in [0.25, 0.3) is 5.91 Å². The average Bonchev–Trinajstić information content (AvgIpc) is 3.42. The molecule has 8 nitrogen and oxygen atoms in total. The lowest BCUT2D eigenvalue weighted by molar-refractivity contribution is -0.120. The highest BCUT2D eigenvalue weighted by Crippen LogP contribution is 2.41. The first-order chi connectivity index (χ1) is 13.5. The van der Waals surface area contributed by atoms with Crippen molar-refractivity contribution in [3.05, 3.63) is 35.4 Å². The zero-order valence-corrected chi connectivity index (χ0v) is 16.0. The molecule has 0 unspecified atom stereocenters. The van der Waals surface area contributed by atoms with E-state index in [0.29, 0.717) is 12.2 Å². The van der Waals surface area contributed by atoms with E-state index in [-0.39, 0.29) is 35.8 Å². The number of hydrogen-bond donors (Lipinski definition) is 3. The number of aromatic nitrogens is 2. The van der Waals surface area contributed by atoms with Gasteiger partial charge in [0.2, 0.25) is 11.8 Å². The van der Waals surface area contributed by atoms with Crippen molar-refractivity contribution in [1.82, 2.24) is 15.3 Å². The van der Waals surface area contributed by atoms with Crippen LogP contribution in [-0.2, 0) is 4.79 Å². The Labute approximate surface area is 163 Å². The number of hydrogen-bond acceptors (Lipinski definition) is 7. The number of ether oxygens (including phenoxy) is 1. The fourth-order valence-corrected chi connectivity index (χ4v) is 3.29. The van der Waals surface area contributed by atoms with Crippen molar-refractivity contribution in [2.24, 2.45) is 0 Å². The lowest BCUT2D eigenvalue weighted by Crippen LogP contribution is -2.36. The first kappa shape index (κ1) is 18.2. The van der Waals surface area contributed by atoms with Crippen LogP contribution < -0.4 is 20.7 Å². The molecule has 1 aliphatic heterocycles. The minimum absolute atomic E-state index is 0.0477. The van der Waals surface area contributed by atoms with Gasteiger partial charge in [0.15, 0.2) is 18.3 Å². The Kier molecular flexibility index (Phi) is 4.62. The van der Waals surface area contributed by atoms with E-state index in [4.69, 9.17) is 4.74 Å². The Bertz CT molecular complexity index is 939. The highest BCUT2D eigenvalue weighted by molar-refractivity contribution is 6.02. The number of ketones is 1. The largest absolute Gasteiger partial charge is 0.456 e. The molecule has 8 heteroatoms. The van der Waals surface area contributed by atoms with Gasteiger partial charge in [-0.1, -0.05) is 19.1 Å². The van der Waals surface area contributed by atoms with Crippen molar-refractivity contribution in [2.45, 2.75) is 45.1 Å². The molecule has 1 saturated carbocycles. The van der Waals surface area contributed by atoms with Gasteiger partial charge in [-0.3, -0.25) is 9.59 Å². The Balaban J connectivity index is 1.69. The Morgan fingerprint density at radius 3 is 2.86 bits per heavy atom. The molecule has 0 spiro atoms. The van der Waals surface area contributed by atoms with Crippen LogP contribution in [0.15, 0.2) is 24.3 Å². The van der Waals surface area contributed by atoms with E-state index in [2.05, 4.69) is 25.9 Å². The summed E-state index contributed by atoms with van der Waals surface area (Å²) in [6.45, 7) is 4.02. The Hall–Kier alpha value is -3.16. The number of nitrogens with one attached hydrogen (secondary N) is 3. The van der Waals surface area contributed by atoms with Crippen LogP contribution in [0.5, 0.6) is 5.88 Å². The quantitative estimate of drug-likeness (QED) is 0.677. The van der Waals surface area contributed by atoms with Crippen LogP contribution in [0.1, 0.15) is 48.5 Å². The summed E-state index contributed by atoms with van der Waals surface area (Å²) in [6, 6.07) is 7.75. The summed E-state index contributed by atoms with van der Waals surface area (Å²) in [5.41, 5.74) is 1.53. The van der Waals surface area contributed by atoms with E-state index >= 15 is 0 Å². The first-order valence-corrected chi connectivity index (χ1v) is 9.49. The molecule has 1 aromatic carbocycles. The molecule has 1 aromatic heterocycles. The number of amides is 1. The lowest BCUT2D eigenvalue weighted by atomic mass is 10.1. The van der Waals surface area contributed by atoms with Crippen molar-refractivity contribution in [2.75, 3.05) is 17.4 Å². The van der Waals surface area contributed by atoms with Crippen LogP contribution in [0, 0.1) is 6.92 Å². The molecule has 146 valence electrons. The van der Waals surface area contributed by atoms with Crippen LogP contribution in [-0.4, -0.2) is 33.9 Å². The molecule has 2 aromatic rings. The van der Waals surface area contributed by atoms with E-state index in [1.165, 1.54) is 0 Å². The summed E-state index contributed by atoms with van der Waals surface area (Å²) in [5.74, 6) is 0.698. The molecule has 0 atom stereocenters. The third-order valence-corrected chi connectivity index (χ3v) is 4.94. The third kappa shape index (κ3) is 3.49. The number of anilines is 3. The number of carbonyl (C=O) groups excluding carboxylic acids is 2. The molecule has 0 radical (unpaired) electrons.